The molecule has 1 saturated heterocycles. The molecule has 1 aromatic carbocycles. The molecule has 0 aromatic heterocycles. The summed E-state index contributed by atoms with van der Waals surface area (Å²) in [7, 11) is 0. The molecule has 82 valence electrons. The van der Waals surface area contributed by atoms with Gasteiger partial charge in [-0.05, 0) is 36.0 Å². The topological polar surface area (TPSA) is 12.0 Å². The van der Waals surface area contributed by atoms with Crippen LogP contribution >= 0.6 is 0 Å². The van der Waals surface area contributed by atoms with E-state index in [9.17, 15) is 0 Å². The highest BCUT2D eigenvalue weighted by atomic mass is 14.9. The zero-order valence-electron chi connectivity index (χ0n) is 9.45. The molecular weight excluding hydrogens is 194 g/mol. The number of nitrogens with one attached hydrogen (secondary N) is 1. The van der Waals surface area contributed by atoms with Crippen molar-refractivity contribution in [1.82, 2.24) is 5.32 Å². The van der Waals surface area contributed by atoms with Crippen LogP contribution in [-0.2, 0) is 0 Å². The first-order valence-corrected chi connectivity index (χ1v) is 6.13. The standard InChI is InChI=1S/C15H17N/c1-2-7-13(8-3-1)15-14-9-5-4-6-12(14)10-11-16-15/h1-3,6-9,15-16H,4-5,10-11H2. The second-order valence-electron chi connectivity index (χ2n) is 4.51. The van der Waals surface area contributed by atoms with Crippen molar-refractivity contribution in [3.05, 3.63) is 59.2 Å². The normalized spacial score (nSPS) is 24.4. The molecule has 1 fully saturated rings. The Morgan fingerprint density at radius 1 is 1.00 bits per heavy atom. The van der Waals surface area contributed by atoms with Gasteiger partial charge in [-0.3, -0.25) is 0 Å². The third-order valence-electron chi connectivity index (χ3n) is 3.48. The van der Waals surface area contributed by atoms with Crippen LogP contribution < -0.4 is 5.32 Å². The van der Waals surface area contributed by atoms with Gasteiger partial charge in [0, 0.05) is 6.54 Å². The lowest BCUT2D eigenvalue weighted by Gasteiger charge is -2.31. The zero-order valence-corrected chi connectivity index (χ0v) is 9.45. The van der Waals surface area contributed by atoms with Gasteiger partial charge in [0.05, 0.1) is 6.04 Å². The second-order valence-corrected chi connectivity index (χ2v) is 4.51. The van der Waals surface area contributed by atoms with Crippen molar-refractivity contribution >= 4 is 0 Å². The van der Waals surface area contributed by atoms with E-state index in [4.69, 9.17) is 0 Å². The Hall–Kier alpha value is -1.34. The van der Waals surface area contributed by atoms with Gasteiger partial charge in [0.25, 0.3) is 0 Å². The molecule has 1 heterocycles. The summed E-state index contributed by atoms with van der Waals surface area (Å²) in [4.78, 5) is 0. The quantitative estimate of drug-likeness (QED) is 0.751. The van der Waals surface area contributed by atoms with Crippen molar-refractivity contribution in [2.45, 2.75) is 25.3 Å². The van der Waals surface area contributed by atoms with E-state index in [0.29, 0.717) is 6.04 Å². The maximum atomic E-state index is 3.63. The molecule has 0 saturated carbocycles. The summed E-state index contributed by atoms with van der Waals surface area (Å²) in [5.41, 5.74) is 4.48. The average molecular weight is 211 g/mol. The summed E-state index contributed by atoms with van der Waals surface area (Å²) < 4.78 is 0. The number of allylic oxidation sites excluding steroid dienone is 2. The number of hydrogen-bond donors (Lipinski definition) is 1. The highest BCUT2D eigenvalue weighted by Gasteiger charge is 2.24. The Labute approximate surface area is 96.9 Å². The van der Waals surface area contributed by atoms with Crippen LogP contribution in [0, 0.1) is 0 Å². The van der Waals surface area contributed by atoms with Crippen LogP contribution in [0.15, 0.2) is 53.6 Å². The van der Waals surface area contributed by atoms with Gasteiger partial charge in [-0.1, -0.05) is 42.5 Å². The van der Waals surface area contributed by atoms with E-state index in [1.54, 1.807) is 5.57 Å². The summed E-state index contributed by atoms with van der Waals surface area (Å²) in [6.07, 6.45) is 8.45. The van der Waals surface area contributed by atoms with Gasteiger partial charge >= 0.3 is 0 Å². The lowest BCUT2D eigenvalue weighted by molar-refractivity contribution is 0.552. The first kappa shape index (κ1) is 9.86. The largest absolute Gasteiger partial charge is 0.306 e. The fourth-order valence-corrected chi connectivity index (χ4v) is 2.70. The summed E-state index contributed by atoms with van der Waals surface area (Å²) in [5.74, 6) is 0. The second kappa shape index (κ2) is 4.26. The van der Waals surface area contributed by atoms with Crippen molar-refractivity contribution in [1.29, 1.82) is 0 Å². The molecule has 2 aliphatic rings. The molecule has 1 N–H and O–H groups in total. The Bertz CT molecular complexity index is 428. The van der Waals surface area contributed by atoms with E-state index in [1.807, 2.05) is 0 Å². The van der Waals surface area contributed by atoms with Crippen LogP contribution in [-0.4, -0.2) is 6.54 Å². The van der Waals surface area contributed by atoms with Gasteiger partial charge < -0.3 is 5.32 Å². The molecule has 3 rings (SSSR count). The van der Waals surface area contributed by atoms with Crippen LogP contribution in [0.25, 0.3) is 0 Å². The van der Waals surface area contributed by atoms with Crippen molar-refractivity contribution < 1.29 is 0 Å². The maximum absolute atomic E-state index is 3.63. The minimum atomic E-state index is 0.418. The SMILES string of the molecule is C1=C2CCNC(c3ccccc3)C2=CCC1. The third-order valence-corrected chi connectivity index (χ3v) is 3.48. The molecule has 1 heteroatoms. The van der Waals surface area contributed by atoms with Crippen molar-refractivity contribution in [3.8, 4) is 0 Å². The number of hydrogen-bond acceptors (Lipinski definition) is 1. The van der Waals surface area contributed by atoms with Gasteiger partial charge in [-0.2, -0.15) is 0 Å². The summed E-state index contributed by atoms with van der Waals surface area (Å²) in [6.45, 7) is 1.10. The predicted octanol–water partition coefficient (Wildman–Crippen LogP) is 3.37. The lowest BCUT2D eigenvalue weighted by atomic mass is 9.84. The Morgan fingerprint density at radius 3 is 2.69 bits per heavy atom. The van der Waals surface area contributed by atoms with Gasteiger partial charge in [-0.25, -0.2) is 0 Å². The number of fused-ring (bicyclic) bond motifs is 1. The molecule has 0 bridgehead atoms. The monoisotopic (exact) mass is 211 g/mol. The van der Waals surface area contributed by atoms with Crippen LogP contribution in [0.1, 0.15) is 30.9 Å². The molecule has 0 spiro atoms. The Kier molecular flexibility index (Phi) is 2.63. The highest BCUT2D eigenvalue weighted by Crippen LogP contribution is 2.35. The van der Waals surface area contributed by atoms with E-state index in [1.165, 1.54) is 30.4 Å². The molecule has 1 aliphatic carbocycles. The summed E-state index contributed by atoms with van der Waals surface area (Å²) in [5, 5.41) is 3.63. The molecule has 1 unspecified atom stereocenters. The lowest BCUT2D eigenvalue weighted by Crippen LogP contribution is -2.30. The molecule has 1 atom stereocenters. The average Bonchev–Trinajstić information content (AvgIpc) is 2.39. The van der Waals surface area contributed by atoms with E-state index >= 15 is 0 Å². The van der Waals surface area contributed by atoms with Crippen molar-refractivity contribution in [2.75, 3.05) is 6.54 Å². The van der Waals surface area contributed by atoms with Crippen LogP contribution in [0.2, 0.25) is 0 Å². The zero-order chi connectivity index (χ0) is 10.8. The molecular formula is C15H17N. The molecule has 0 amide bonds. The Balaban J connectivity index is 1.96. The predicted molar refractivity (Wildman–Crippen MR) is 67.2 cm³/mol. The first-order chi connectivity index (χ1) is 7.95. The maximum Gasteiger partial charge on any atom is 0.0576 e. The molecule has 16 heavy (non-hydrogen) atoms. The highest BCUT2D eigenvalue weighted by molar-refractivity contribution is 5.44. The van der Waals surface area contributed by atoms with E-state index in [2.05, 4.69) is 47.8 Å². The minimum absolute atomic E-state index is 0.418. The van der Waals surface area contributed by atoms with Gasteiger partial charge in [0.2, 0.25) is 0 Å². The van der Waals surface area contributed by atoms with Crippen molar-refractivity contribution in [3.63, 3.8) is 0 Å². The smallest absolute Gasteiger partial charge is 0.0576 e. The first-order valence-electron chi connectivity index (χ1n) is 6.13. The van der Waals surface area contributed by atoms with Crippen LogP contribution in [0.5, 0.6) is 0 Å². The Morgan fingerprint density at radius 2 is 1.81 bits per heavy atom. The van der Waals surface area contributed by atoms with E-state index in [0.717, 1.165) is 6.54 Å². The van der Waals surface area contributed by atoms with Crippen molar-refractivity contribution in [2.24, 2.45) is 0 Å². The van der Waals surface area contributed by atoms with Gasteiger partial charge in [-0.15, -0.1) is 0 Å². The van der Waals surface area contributed by atoms with Crippen LogP contribution in [0.3, 0.4) is 0 Å². The van der Waals surface area contributed by atoms with Crippen LogP contribution in [0.4, 0.5) is 0 Å². The fourth-order valence-electron chi connectivity index (χ4n) is 2.70. The number of rotatable bonds is 1. The summed E-state index contributed by atoms with van der Waals surface area (Å²) >= 11 is 0. The minimum Gasteiger partial charge on any atom is -0.306 e. The summed E-state index contributed by atoms with van der Waals surface area (Å²) in [6, 6.07) is 11.2. The third kappa shape index (κ3) is 1.72. The van der Waals surface area contributed by atoms with Gasteiger partial charge in [0.15, 0.2) is 0 Å². The number of piperidine rings is 1. The van der Waals surface area contributed by atoms with E-state index in [-0.39, 0.29) is 0 Å². The fraction of sp³-hybridized carbons (Fsp3) is 0.333. The molecule has 1 aliphatic heterocycles. The molecule has 0 radical (unpaired) electrons. The van der Waals surface area contributed by atoms with E-state index < -0.39 is 0 Å². The molecule has 1 aromatic rings. The van der Waals surface area contributed by atoms with Gasteiger partial charge in [0.1, 0.15) is 0 Å². The molecule has 1 nitrogen and oxygen atoms in total. The number of benzene rings is 1.